The summed E-state index contributed by atoms with van der Waals surface area (Å²) in [5.41, 5.74) is -0.534. The molecule has 0 amide bonds. The van der Waals surface area contributed by atoms with Gasteiger partial charge in [0.15, 0.2) is 23.0 Å². The second-order valence-corrected chi connectivity index (χ2v) is 8.09. The van der Waals surface area contributed by atoms with Gasteiger partial charge in [-0.05, 0) is 13.0 Å². The van der Waals surface area contributed by atoms with Gasteiger partial charge in [0.25, 0.3) is 11.4 Å². The molecule has 2 rings (SSSR count). The topological polar surface area (TPSA) is 197 Å². The summed E-state index contributed by atoms with van der Waals surface area (Å²) in [5.74, 6) is -0.468. The number of benzene rings is 2. The molecule has 0 saturated carbocycles. The minimum Gasteiger partial charge on any atom is -0.487 e. The Morgan fingerprint density at radius 2 is 0.952 bits per heavy atom. The van der Waals surface area contributed by atoms with Crippen molar-refractivity contribution in [3.05, 3.63) is 55.6 Å². The van der Waals surface area contributed by atoms with Crippen LogP contribution in [0.15, 0.2) is 24.3 Å². The number of carboxylic acid groups (broad SMARTS) is 1. The van der Waals surface area contributed by atoms with E-state index in [4.69, 9.17) is 43.0 Å². The molecule has 2 aromatic rings. The van der Waals surface area contributed by atoms with Crippen molar-refractivity contribution in [1.82, 2.24) is 0 Å². The van der Waals surface area contributed by atoms with Gasteiger partial charge in [-0.25, -0.2) is 4.79 Å². The maximum atomic E-state index is 11.1. The summed E-state index contributed by atoms with van der Waals surface area (Å²) in [6.45, 7) is 3.93. The Morgan fingerprint density at radius 3 is 1.29 bits per heavy atom. The average molecular weight is 601 g/mol. The van der Waals surface area contributed by atoms with E-state index in [1.165, 1.54) is 20.3 Å². The standard InChI is InChI=1S/C13H17NO8.C13H19NO6/c1-19-3-5-21-11-7-9(13(15)16)10(14(17)18)8-12(11)22-6-4-20-2;1-10-8-12(19-6-4-17-2)13(20-7-5-18-3)9-11(10)14(15)16/h7-8H,3-6H2,1-2H3,(H,15,16);8-9H,4-7H2,1-3H3. The molecule has 0 fully saturated rings. The largest absolute Gasteiger partial charge is 0.487 e. The van der Waals surface area contributed by atoms with Gasteiger partial charge in [-0.15, -0.1) is 0 Å². The fraction of sp³-hybridized carbons (Fsp3) is 0.500. The van der Waals surface area contributed by atoms with E-state index in [1.54, 1.807) is 27.2 Å². The van der Waals surface area contributed by atoms with Gasteiger partial charge in [0.1, 0.15) is 32.0 Å². The monoisotopic (exact) mass is 600 g/mol. The molecular formula is C26H36N2O14. The van der Waals surface area contributed by atoms with Crippen LogP contribution in [0.25, 0.3) is 0 Å². The highest BCUT2D eigenvalue weighted by molar-refractivity contribution is 5.93. The van der Waals surface area contributed by atoms with Crippen molar-refractivity contribution in [2.45, 2.75) is 6.92 Å². The van der Waals surface area contributed by atoms with Crippen LogP contribution < -0.4 is 18.9 Å². The number of hydrogen-bond acceptors (Lipinski definition) is 13. The second kappa shape index (κ2) is 19.8. The Morgan fingerprint density at radius 1 is 0.619 bits per heavy atom. The molecule has 0 bridgehead atoms. The van der Waals surface area contributed by atoms with E-state index in [-0.39, 0.29) is 50.2 Å². The molecule has 0 spiro atoms. The van der Waals surface area contributed by atoms with Gasteiger partial charge in [0.05, 0.1) is 48.4 Å². The van der Waals surface area contributed by atoms with Crippen LogP contribution in [0.1, 0.15) is 15.9 Å². The number of aromatic carboxylic acids is 1. The molecule has 0 saturated heterocycles. The highest BCUT2D eigenvalue weighted by Crippen LogP contribution is 2.36. The zero-order chi connectivity index (χ0) is 31.5. The predicted molar refractivity (Wildman–Crippen MR) is 147 cm³/mol. The lowest BCUT2D eigenvalue weighted by atomic mass is 10.1. The number of hydrogen-bond donors (Lipinski definition) is 1. The maximum absolute atomic E-state index is 11.1. The Labute approximate surface area is 242 Å². The lowest BCUT2D eigenvalue weighted by Gasteiger charge is -2.13. The summed E-state index contributed by atoms with van der Waals surface area (Å²) in [7, 11) is 6.09. The molecule has 2 aromatic carbocycles. The highest BCUT2D eigenvalue weighted by Gasteiger charge is 2.24. The van der Waals surface area contributed by atoms with Crippen LogP contribution in [0.5, 0.6) is 23.0 Å². The number of ether oxygens (including phenoxy) is 8. The SMILES string of the molecule is COCCOc1cc(C(=O)O)c([N+](=O)[O-])cc1OCCOC.COCCOc1cc(C)c([N+](=O)[O-])cc1OCCOC. The second-order valence-electron chi connectivity index (χ2n) is 8.09. The fourth-order valence-electron chi connectivity index (χ4n) is 3.11. The molecule has 0 aliphatic heterocycles. The molecule has 234 valence electrons. The van der Waals surface area contributed by atoms with E-state index in [9.17, 15) is 25.0 Å². The molecule has 0 aliphatic carbocycles. The van der Waals surface area contributed by atoms with Gasteiger partial charge in [-0.3, -0.25) is 20.2 Å². The Kier molecular flexibility index (Phi) is 16.8. The van der Waals surface area contributed by atoms with Crippen molar-refractivity contribution in [2.75, 3.05) is 81.3 Å². The number of methoxy groups -OCH3 is 4. The van der Waals surface area contributed by atoms with Crippen molar-refractivity contribution >= 4 is 17.3 Å². The number of carboxylic acids is 1. The van der Waals surface area contributed by atoms with Crippen LogP contribution in [0.4, 0.5) is 11.4 Å². The number of aryl methyl sites for hydroxylation is 1. The third kappa shape index (κ3) is 12.1. The van der Waals surface area contributed by atoms with Crippen LogP contribution >= 0.6 is 0 Å². The maximum Gasteiger partial charge on any atom is 0.342 e. The van der Waals surface area contributed by atoms with E-state index < -0.39 is 27.1 Å². The molecular weight excluding hydrogens is 564 g/mol. The number of nitro groups is 2. The predicted octanol–water partition coefficient (Wildman–Crippen LogP) is 3.30. The molecule has 16 nitrogen and oxygen atoms in total. The first-order valence-corrected chi connectivity index (χ1v) is 12.4. The van der Waals surface area contributed by atoms with Gasteiger partial charge in [0.2, 0.25) is 0 Å². The molecule has 0 aromatic heterocycles. The Hall–Kier alpha value is -4.25. The average Bonchev–Trinajstić information content (AvgIpc) is 2.94. The van der Waals surface area contributed by atoms with Gasteiger partial charge < -0.3 is 43.0 Å². The van der Waals surface area contributed by atoms with E-state index >= 15 is 0 Å². The van der Waals surface area contributed by atoms with E-state index in [0.717, 1.165) is 12.1 Å². The van der Waals surface area contributed by atoms with Crippen LogP contribution in [0.2, 0.25) is 0 Å². The van der Waals surface area contributed by atoms with Crippen molar-refractivity contribution < 1.29 is 57.6 Å². The summed E-state index contributed by atoms with van der Waals surface area (Å²) in [4.78, 5) is 31.8. The van der Waals surface area contributed by atoms with Gasteiger partial charge >= 0.3 is 5.97 Å². The van der Waals surface area contributed by atoms with Crippen molar-refractivity contribution in [3.63, 3.8) is 0 Å². The number of nitro benzene ring substituents is 2. The molecule has 0 atom stereocenters. The van der Waals surface area contributed by atoms with Crippen molar-refractivity contribution in [1.29, 1.82) is 0 Å². The molecule has 0 unspecified atom stereocenters. The summed E-state index contributed by atoms with van der Waals surface area (Å²) >= 11 is 0. The molecule has 1 N–H and O–H groups in total. The van der Waals surface area contributed by atoms with Crippen LogP contribution in [0.3, 0.4) is 0 Å². The first-order valence-electron chi connectivity index (χ1n) is 12.4. The fourth-order valence-corrected chi connectivity index (χ4v) is 3.11. The van der Waals surface area contributed by atoms with Gasteiger partial charge in [0, 0.05) is 40.1 Å². The van der Waals surface area contributed by atoms with Crippen LogP contribution in [-0.4, -0.2) is 102 Å². The quantitative estimate of drug-likeness (QED) is 0.140. The van der Waals surface area contributed by atoms with Crippen molar-refractivity contribution in [2.24, 2.45) is 0 Å². The molecule has 42 heavy (non-hydrogen) atoms. The van der Waals surface area contributed by atoms with Gasteiger partial charge in [-0.2, -0.15) is 0 Å². The van der Waals surface area contributed by atoms with E-state index in [0.29, 0.717) is 36.9 Å². The smallest absolute Gasteiger partial charge is 0.342 e. The normalized spacial score (nSPS) is 10.3. The lowest BCUT2D eigenvalue weighted by Crippen LogP contribution is -2.11. The number of nitrogens with zero attached hydrogens (tertiary/aromatic N) is 2. The van der Waals surface area contributed by atoms with Gasteiger partial charge in [-0.1, -0.05) is 0 Å². The van der Waals surface area contributed by atoms with Crippen molar-refractivity contribution in [3.8, 4) is 23.0 Å². The Bertz CT molecular complexity index is 1110. The molecule has 16 heteroatoms. The molecule has 0 heterocycles. The summed E-state index contributed by atoms with van der Waals surface area (Å²) < 4.78 is 41.1. The first-order chi connectivity index (χ1) is 20.1. The summed E-state index contributed by atoms with van der Waals surface area (Å²) in [5, 5.41) is 31.0. The van der Waals surface area contributed by atoms with Crippen LogP contribution in [0, 0.1) is 27.2 Å². The summed E-state index contributed by atoms with van der Waals surface area (Å²) in [6, 6.07) is 5.06. The zero-order valence-electron chi connectivity index (χ0n) is 24.1. The molecule has 0 aliphatic rings. The highest BCUT2D eigenvalue weighted by atomic mass is 16.6. The van der Waals surface area contributed by atoms with Crippen LogP contribution in [-0.2, 0) is 18.9 Å². The summed E-state index contributed by atoms with van der Waals surface area (Å²) in [6.07, 6.45) is 0. The minimum absolute atomic E-state index is 0.00323. The van der Waals surface area contributed by atoms with E-state index in [1.807, 2.05) is 0 Å². The third-order valence-corrected chi connectivity index (χ3v) is 5.13. The van der Waals surface area contributed by atoms with E-state index in [2.05, 4.69) is 0 Å². The minimum atomic E-state index is -1.42. The third-order valence-electron chi connectivity index (χ3n) is 5.13. The molecule has 0 radical (unpaired) electrons. The first kappa shape index (κ1) is 35.8. The number of carbonyl (C=O) groups is 1. The lowest BCUT2D eigenvalue weighted by molar-refractivity contribution is -0.385. The Balaban J connectivity index is 0.000000422. The number of rotatable bonds is 19. The zero-order valence-corrected chi connectivity index (χ0v) is 24.1.